The van der Waals surface area contributed by atoms with E-state index in [1.165, 1.54) is 11.7 Å². The van der Waals surface area contributed by atoms with Crippen LogP contribution >= 0.6 is 0 Å². The number of ether oxygens (including phenoxy) is 3. The molecule has 29 heavy (non-hydrogen) atoms. The summed E-state index contributed by atoms with van der Waals surface area (Å²) >= 11 is 0. The van der Waals surface area contributed by atoms with E-state index in [0.717, 1.165) is 16.9 Å². The minimum absolute atomic E-state index is 0.124. The highest BCUT2D eigenvalue weighted by molar-refractivity contribution is 5.64. The lowest BCUT2D eigenvalue weighted by molar-refractivity contribution is 0.0276. The van der Waals surface area contributed by atoms with Gasteiger partial charge in [-0.25, -0.2) is 0 Å². The van der Waals surface area contributed by atoms with Crippen molar-refractivity contribution in [3.63, 3.8) is 0 Å². The molecule has 0 atom stereocenters. The molecule has 0 saturated heterocycles. The van der Waals surface area contributed by atoms with Crippen LogP contribution in [-0.2, 0) is 0 Å². The van der Waals surface area contributed by atoms with Crippen molar-refractivity contribution >= 4 is 0 Å². The summed E-state index contributed by atoms with van der Waals surface area (Å²) < 4.78 is 17.7. The fourth-order valence-electron chi connectivity index (χ4n) is 2.84. The summed E-state index contributed by atoms with van der Waals surface area (Å²) in [6.07, 6.45) is 1.73. The van der Waals surface area contributed by atoms with Crippen molar-refractivity contribution in [1.82, 2.24) is 4.57 Å². The molecule has 0 aliphatic carbocycles. The molecular formula is C23H25NO5. The van der Waals surface area contributed by atoms with Crippen molar-refractivity contribution in [2.45, 2.75) is 19.4 Å². The molecule has 1 heterocycles. The summed E-state index contributed by atoms with van der Waals surface area (Å²) in [7, 11) is 3.15. The van der Waals surface area contributed by atoms with Crippen LogP contribution < -0.4 is 19.8 Å². The molecule has 152 valence electrons. The fraction of sp³-hybridized carbons (Fsp3) is 0.261. The third-order valence-electron chi connectivity index (χ3n) is 4.35. The van der Waals surface area contributed by atoms with E-state index in [0.29, 0.717) is 17.2 Å². The van der Waals surface area contributed by atoms with Gasteiger partial charge in [0.15, 0.2) is 11.5 Å². The molecule has 0 bridgehead atoms. The Bertz CT molecular complexity index is 1030. The standard InChI is InChI=1S/C23H25NO5/c1-23(2,26)15-29-20-10-7-18(14-21(20)28-4)24-12-11-17(13-22(24)25)16-5-8-19(27-3)9-6-16/h5-14,26H,15H2,1-4H3. The van der Waals surface area contributed by atoms with Crippen molar-refractivity contribution in [3.05, 3.63) is 71.1 Å². The summed E-state index contributed by atoms with van der Waals surface area (Å²) in [5.41, 5.74) is 1.29. The molecule has 6 nitrogen and oxygen atoms in total. The van der Waals surface area contributed by atoms with Crippen molar-refractivity contribution < 1.29 is 19.3 Å². The van der Waals surface area contributed by atoms with Crippen LogP contribution in [0, 0.1) is 0 Å². The normalized spacial score (nSPS) is 11.2. The zero-order chi connectivity index (χ0) is 21.0. The van der Waals surface area contributed by atoms with Crippen molar-refractivity contribution in [2.24, 2.45) is 0 Å². The maximum absolute atomic E-state index is 12.7. The Morgan fingerprint density at radius 3 is 2.21 bits per heavy atom. The van der Waals surface area contributed by atoms with Gasteiger partial charge in [0.05, 0.1) is 25.5 Å². The maximum atomic E-state index is 12.7. The van der Waals surface area contributed by atoms with Crippen LogP contribution in [0.1, 0.15) is 13.8 Å². The predicted molar refractivity (Wildman–Crippen MR) is 112 cm³/mol. The van der Waals surface area contributed by atoms with Crippen molar-refractivity contribution in [1.29, 1.82) is 0 Å². The van der Waals surface area contributed by atoms with Gasteiger partial charge in [0.1, 0.15) is 12.4 Å². The van der Waals surface area contributed by atoms with Crippen LogP contribution in [0.3, 0.4) is 0 Å². The van der Waals surface area contributed by atoms with Gasteiger partial charge < -0.3 is 19.3 Å². The first-order chi connectivity index (χ1) is 13.8. The van der Waals surface area contributed by atoms with E-state index in [2.05, 4.69) is 0 Å². The maximum Gasteiger partial charge on any atom is 0.255 e. The summed E-state index contributed by atoms with van der Waals surface area (Å²) in [5.74, 6) is 1.75. The topological polar surface area (TPSA) is 69.9 Å². The first kappa shape index (κ1) is 20.5. The number of pyridine rings is 1. The molecule has 3 aromatic rings. The zero-order valence-electron chi connectivity index (χ0n) is 17.0. The van der Waals surface area contributed by atoms with E-state index >= 15 is 0 Å². The zero-order valence-corrected chi connectivity index (χ0v) is 17.0. The molecule has 0 fully saturated rings. The monoisotopic (exact) mass is 395 g/mol. The molecule has 0 saturated carbocycles. The Morgan fingerprint density at radius 2 is 1.62 bits per heavy atom. The molecule has 1 N–H and O–H groups in total. The van der Waals surface area contributed by atoms with Gasteiger partial charge in [-0.2, -0.15) is 0 Å². The lowest BCUT2D eigenvalue weighted by Gasteiger charge is -2.19. The van der Waals surface area contributed by atoms with E-state index in [9.17, 15) is 9.90 Å². The van der Waals surface area contributed by atoms with E-state index in [1.807, 2.05) is 30.3 Å². The third kappa shape index (κ3) is 4.97. The van der Waals surface area contributed by atoms with Gasteiger partial charge in [-0.1, -0.05) is 12.1 Å². The average Bonchev–Trinajstić information content (AvgIpc) is 2.71. The first-order valence-electron chi connectivity index (χ1n) is 9.21. The minimum atomic E-state index is -0.960. The molecule has 0 spiro atoms. The second-order valence-electron chi connectivity index (χ2n) is 7.29. The predicted octanol–water partition coefficient (Wildman–Crippen LogP) is 3.67. The number of nitrogens with zero attached hydrogens (tertiary/aromatic N) is 1. The highest BCUT2D eigenvalue weighted by Crippen LogP contribution is 2.30. The van der Waals surface area contributed by atoms with E-state index < -0.39 is 5.60 Å². The quantitative estimate of drug-likeness (QED) is 0.661. The molecule has 3 rings (SSSR count). The van der Waals surface area contributed by atoms with Gasteiger partial charge >= 0.3 is 0 Å². The SMILES string of the molecule is COc1ccc(-c2ccn(-c3ccc(OCC(C)(C)O)c(OC)c3)c(=O)c2)cc1. The van der Waals surface area contributed by atoms with E-state index in [-0.39, 0.29) is 12.2 Å². The van der Waals surface area contributed by atoms with Gasteiger partial charge in [-0.15, -0.1) is 0 Å². The lowest BCUT2D eigenvalue weighted by Crippen LogP contribution is -2.28. The summed E-state index contributed by atoms with van der Waals surface area (Å²) in [6.45, 7) is 3.45. The van der Waals surface area contributed by atoms with Crippen LogP contribution in [0.5, 0.6) is 17.2 Å². The van der Waals surface area contributed by atoms with Gasteiger partial charge in [0.2, 0.25) is 0 Å². The van der Waals surface area contributed by atoms with Crippen molar-refractivity contribution in [3.8, 4) is 34.1 Å². The fourth-order valence-corrected chi connectivity index (χ4v) is 2.84. The Labute approximate surface area is 169 Å². The van der Waals surface area contributed by atoms with E-state index in [1.54, 1.807) is 51.4 Å². The number of rotatable bonds is 7. The minimum Gasteiger partial charge on any atom is -0.497 e. The molecule has 6 heteroatoms. The van der Waals surface area contributed by atoms with Gasteiger partial charge in [-0.3, -0.25) is 9.36 Å². The lowest BCUT2D eigenvalue weighted by atomic mass is 10.1. The second kappa shape index (κ2) is 8.41. The smallest absolute Gasteiger partial charge is 0.255 e. The number of aliphatic hydroxyl groups is 1. The molecule has 0 amide bonds. The van der Waals surface area contributed by atoms with Gasteiger partial charge in [-0.05, 0) is 55.3 Å². The molecule has 0 aliphatic heterocycles. The number of hydrogen-bond donors (Lipinski definition) is 1. The van der Waals surface area contributed by atoms with Gasteiger partial charge in [0, 0.05) is 18.3 Å². The van der Waals surface area contributed by atoms with Crippen molar-refractivity contribution in [2.75, 3.05) is 20.8 Å². The van der Waals surface area contributed by atoms with E-state index in [4.69, 9.17) is 14.2 Å². The summed E-state index contributed by atoms with van der Waals surface area (Å²) in [6, 6.07) is 16.2. The molecular weight excluding hydrogens is 370 g/mol. The highest BCUT2D eigenvalue weighted by atomic mass is 16.5. The average molecular weight is 395 g/mol. The molecule has 0 aliphatic rings. The van der Waals surface area contributed by atoms with Crippen LogP contribution in [0.4, 0.5) is 0 Å². The molecule has 1 aromatic heterocycles. The first-order valence-corrected chi connectivity index (χ1v) is 9.21. The van der Waals surface area contributed by atoms with Crippen LogP contribution in [0.25, 0.3) is 16.8 Å². The summed E-state index contributed by atoms with van der Waals surface area (Å²) in [4.78, 5) is 12.7. The Morgan fingerprint density at radius 1 is 0.897 bits per heavy atom. The summed E-state index contributed by atoms with van der Waals surface area (Å²) in [5, 5.41) is 9.84. The van der Waals surface area contributed by atoms with Crippen LogP contribution in [-0.4, -0.2) is 36.1 Å². The Kier molecular flexibility index (Phi) is 5.94. The second-order valence-corrected chi connectivity index (χ2v) is 7.29. The highest BCUT2D eigenvalue weighted by Gasteiger charge is 2.16. The Balaban J connectivity index is 1.89. The van der Waals surface area contributed by atoms with Gasteiger partial charge in [0.25, 0.3) is 5.56 Å². The number of aromatic nitrogens is 1. The largest absolute Gasteiger partial charge is 0.497 e. The Hall–Kier alpha value is -3.25. The number of benzene rings is 2. The van der Waals surface area contributed by atoms with Crippen LogP contribution in [0.15, 0.2) is 65.6 Å². The number of methoxy groups -OCH3 is 2. The molecule has 2 aromatic carbocycles. The third-order valence-corrected chi connectivity index (χ3v) is 4.35. The van der Waals surface area contributed by atoms with Crippen LogP contribution in [0.2, 0.25) is 0 Å². The molecule has 0 radical (unpaired) electrons. The molecule has 0 unspecified atom stereocenters. The number of hydrogen-bond acceptors (Lipinski definition) is 5.